The minimum absolute atomic E-state index is 0.0434. The van der Waals surface area contributed by atoms with Gasteiger partial charge < -0.3 is 10.6 Å². The van der Waals surface area contributed by atoms with Crippen LogP contribution in [0.4, 0.5) is 4.79 Å². The highest BCUT2D eigenvalue weighted by atomic mass is 32.2. The van der Waals surface area contributed by atoms with Gasteiger partial charge in [0, 0.05) is 24.8 Å². The van der Waals surface area contributed by atoms with Gasteiger partial charge in [0.05, 0.1) is 17.2 Å². The van der Waals surface area contributed by atoms with E-state index in [2.05, 4.69) is 15.7 Å². The normalized spacial score (nSPS) is 21.5. The van der Waals surface area contributed by atoms with Gasteiger partial charge in [0.25, 0.3) is 0 Å². The third-order valence-electron chi connectivity index (χ3n) is 3.77. The molecule has 8 heteroatoms. The molecular formula is C14H24N4O3S. The molecule has 124 valence electrons. The lowest BCUT2D eigenvalue weighted by Gasteiger charge is -2.16. The third-order valence-corrected chi connectivity index (χ3v) is 5.53. The lowest BCUT2D eigenvalue weighted by Crippen LogP contribution is -2.44. The standard InChI is InChI=1S/C14H24N4O3S/c1-10(8-18-12(3)6-11(2)17-18)7-15-14(19)16-13-4-5-22(20,21)9-13/h6,10,13H,4-5,7-9H2,1-3H3,(H2,15,16,19)/t10-,13+/m1/s1. The fourth-order valence-electron chi connectivity index (χ4n) is 2.63. The molecule has 1 aromatic heterocycles. The highest BCUT2D eigenvalue weighted by Crippen LogP contribution is 2.11. The quantitative estimate of drug-likeness (QED) is 0.829. The van der Waals surface area contributed by atoms with Crippen molar-refractivity contribution in [3.8, 4) is 0 Å². The van der Waals surface area contributed by atoms with Gasteiger partial charge in [-0.25, -0.2) is 13.2 Å². The van der Waals surface area contributed by atoms with E-state index in [1.807, 2.05) is 31.5 Å². The molecule has 1 aliphatic rings. The van der Waals surface area contributed by atoms with Crippen LogP contribution in [0.2, 0.25) is 0 Å². The number of amides is 2. The summed E-state index contributed by atoms with van der Waals surface area (Å²) < 4.78 is 24.6. The first-order valence-electron chi connectivity index (χ1n) is 7.51. The number of aromatic nitrogens is 2. The number of rotatable bonds is 5. The first-order chi connectivity index (χ1) is 10.2. The number of hydrogen-bond acceptors (Lipinski definition) is 4. The van der Waals surface area contributed by atoms with Crippen LogP contribution in [0.25, 0.3) is 0 Å². The maximum absolute atomic E-state index is 11.8. The van der Waals surface area contributed by atoms with Gasteiger partial charge in [-0.15, -0.1) is 0 Å². The number of nitrogens with zero attached hydrogens (tertiary/aromatic N) is 2. The van der Waals surface area contributed by atoms with Gasteiger partial charge in [0.15, 0.2) is 9.84 Å². The van der Waals surface area contributed by atoms with Gasteiger partial charge in [-0.1, -0.05) is 6.92 Å². The first-order valence-corrected chi connectivity index (χ1v) is 9.33. The molecule has 22 heavy (non-hydrogen) atoms. The minimum Gasteiger partial charge on any atom is -0.338 e. The van der Waals surface area contributed by atoms with Crippen molar-refractivity contribution in [3.63, 3.8) is 0 Å². The molecule has 1 aromatic rings. The summed E-state index contributed by atoms with van der Waals surface area (Å²) >= 11 is 0. The van der Waals surface area contributed by atoms with E-state index in [1.54, 1.807) is 0 Å². The van der Waals surface area contributed by atoms with Crippen molar-refractivity contribution < 1.29 is 13.2 Å². The van der Waals surface area contributed by atoms with Gasteiger partial charge in [0.1, 0.15) is 0 Å². The number of nitrogens with one attached hydrogen (secondary N) is 2. The molecular weight excluding hydrogens is 304 g/mol. The molecule has 2 amide bonds. The van der Waals surface area contributed by atoms with E-state index in [4.69, 9.17) is 0 Å². The Hall–Kier alpha value is -1.57. The molecule has 2 atom stereocenters. The number of carbonyl (C=O) groups is 1. The molecule has 1 saturated heterocycles. The van der Waals surface area contributed by atoms with Crippen molar-refractivity contribution in [2.24, 2.45) is 5.92 Å². The van der Waals surface area contributed by atoms with E-state index >= 15 is 0 Å². The van der Waals surface area contributed by atoms with Crippen LogP contribution in [0.15, 0.2) is 6.07 Å². The molecule has 0 aliphatic carbocycles. The Morgan fingerprint density at radius 2 is 2.23 bits per heavy atom. The van der Waals surface area contributed by atoms with Crippen molar-refractivity contribution >= 4 is 15.9 Å². The molecule has 0 aromatic carbocycles. The van der Waals surface area contributed by atoms with Crippen LogP contribution in [0, 0.1) is 19.8 Å². The highest BCUT2D eigenvalue weighted by molar-refractivity contribution is 7.91. The van der Waals surface area contributed by atoms with Gasteiger partial charge in [-0.2, -0.15) is 5.10 Å². The Balaban J connectivity index is 1.73. The van der Waals surface area contributed by atoms with E-state index in [-0.39, 0.29) is 29.5 Å². The lowest BCUT2D eigenvalue weighted by atomic mass is 10.2. The molecule has 2 rings (SSSR count). The zero-order valence-electron chi connectivity index (χ0n) is 13.3. The SMILES string of the molecule is Cc1cc(C)n(C[C@H](C)CNC(=O)N[C@H]2CCS(=O)(=O)C2)n1. The molecule has 0 saturated carbocycles. The van der Waals surface area contributed by atoms with Crippen LogP contribution in [-0.4, -0.2) is 48.3 Å². The third kappa shape index (κ3) is 4.72. The van der Waals surface area contributed by atoms with Crippen molar-refractivity contribution in [2.75, 3.05) is 18.1 Å². The Bertz CT molecular complexity index is 639. The second-order valence-corrected chi connectivity index (χ2v) is 8.40. The van der Waals surface area contributed by atoms with E-state index in [1.165, 1.54) is 0 Å². The fourth-order valence-corrected chi connectivity index (χ4v) is 4.31. The van der Waals surface area contributed by atoms with E-state index in [0.717, 1.165) is 17.9 Å². The van der Waals surface area contributed by atoms with Gasteiger partial charge in [-0.05, 0) is 32.3 Å². The summed E-state index contributed by atoms with van der Waals surface area (Å²) in [6.45, 7) is 7.25. The summed E-state index contributed by atoms with van der Waals surface area (Å²) in [4.78, 5) is 11.8. The molecule has 2 N–H and O–H groups in total. The van der Waals surface area contributed by atoms with E-state index in [9.17, 15) is 13.2 Å². The minimum atomic E-state index is -2.97. The predicted octanol–water partition coefficient (Wildman–Crippen LogP) is 0.622. The maximum atomic E-state index is 11.8. The van der Waals surface area contributed by atoms with Crippen molar-refractivity contribution in [1.29, 1.82) is 0 Å². The Labute approximate surface area is 131 Å². The average Bonchev–Trinajstić information content (AvgIpc) is 2.89. The Kier molecular flexibility index (Phi) is 5.10. The fraction of sp³-hybridized carbons (Fsp3) is 0.714. The molecule has 0 spiro atoms. The molecule has 2 heterocycles. The van der Waals surface area contributed by atoms with Crippen LogP contribution < -0.4 is 10.6 Å². The molecule has 0 unspecified atom stereocenters. The molecule has 1 fully saturated rings. The van der Waals surface area contributed by atoms with Crippen LogP contribution >= 0.6 is 0 Å². The first kappa shape index (κ1) is 16.8. The molecule has 0 bridgehead atoms. The smallest absolute Gasteiger partial charge is 0.315 e. The van der Waals surface area contributed by atoms with Gasteiger partial charge in [-0.3, -0.25) is 4.68 Å². The van der Waals surface area contributed by atoms with Crippen LogP contribution in [-0.2, 0) is 16.4 Å². The molecule has 7 nitrogen and oxygen atoms in total. The predicted molar refractivity (Wildman–Crippen MR) is 84.5 cm³/mol. The summed E-state index contributed by atoms with van der Waals surface area (Å²) in [6.07, 6.45) is 0.497. The van der Waals surface area contributed by atoms with Gasteiger partial charge >= 0.3 is 6.03 Å². The largest absolute Gasteiger partial charge is 0.338 e. The Morgan fingerprint density at radius 3 is 2.77 bits per heavy atom. The van der Waals surface area contributed by atoms with Crippen molar-refractivity contribution in [1.82, 2.24) is 20.4 Å². The highest BCUT2D eigenvalue weighted by Gasteiger charge is 2.28. The van der Waals surface area contributed by atoms with E-state index < -0.39 is 9.84 Å². The second-order valence-electron chi connectivity index (χ2n) is 6.17. The zero-order valence-corrected chi connectivity index (χ0v) is 14.1. The van der Waals surface area contributed by atoms with Crippen LogP contribution in [0.3, 0.4) is 0 Å². The number of carbonyl (C=O) groups excluding carboxylic acids is 1. The van der Waals surface area contributed by atoms with Gasteiger partial charge in [0.2, 0.25) is 0 Å². The number of sulfone groups is 1. The van der Waals surface area contributed by atoms with Crippen molar-refractivity contribution in [2.45, 2.75) is 39.8 Å². The maximum Gasteiger partial charge on any atom is 0.315 e. The lowest BCUT2D eigenvalue weighted by molar-refractivity contribution is 0.235. The topological polar surface area (TPSA) is 93.1 Å². The Morgan fingerprint density at radius 1 is 1.50 bits per heavy atom. The number of hydrogen-bond donors (Lipinski definition) is 2. The summed E-state index contributed by atoms with van der Waals surface area (Å²) in [5.41, 5.74) is 2.09. The summed E-state index contributed by atoms with van der Waals surface area (Å²) in [6, 6.07) is 1.45. The van der Waals surface area contributed by atoms with Crippen molar-refractivity contribution in [3.05, 3.63) is 17.5 Å². The number of urea groups is 1. The van der Waals surface area contributed by atoms with E-state index in [0.29, 0.717) is 13.0 Å². The van der Waals surface area contributed by atoms with Crippen LogP contribution in [0.1, 0.15) is 24.7 Å². The monoisotopic (exact) mass is 328 g/mol. The average molecular weight is 328 g/mol. The summed E-state index contributed by atoms with van der Waals surface area (Å²) in [7, 11) is -2.97. The molecule has 1 aliphatic heterocycles. The zero-order chi connectivity index (χ0) is 16.3. The molecule has 0 radical (unpaired) electrons. The van der Waals surface area contributed by atoms with Crippen LogP contribution in [0.5, 0.6) is 0 Å². The number of aryl methyl sites for hydroxylation is 2. The summed E-state index contributed by atoms with van der Waals surface area (Å²) in [5, 5.41) is 9.91. The second kappa shape index (κ2) is 6.68. The summed E-state index contributed by atoms with van der Waals surface area (Å²) in [5.74, 6) is 0.435.